The molecule has 0 aromatic carbocycles. The molecule has 0 bridgehead atoms. The van der Waals surface area contributed by atoms with Crippen LogP contribution in [0.25, 0.3) is 0 Å². The lowest BCUT2D eigenvalue weighted by Gasteiger charge is -2.17. The number of aliphatic carboxylic acids is 1. The average Bonchev–Trinajstić information content (AvgIpc) is 2.94. The third-order valence-corrected chi connectivity index (χ3v) is 3.98. The first-order chi connectivity index (χ1) is 8.58. The molecule has 0 aromatic rings. The number of hydrogen-bond acceptors (Lipinski definition) is 3. The molecule has 4 atom stereocenters. The van der Waals surface area contributed by atoms with Gasteiger partial charge in [-0.3, -0.25) is 9.59 Å². The van der Waals surface area contributed by atoms with Gasteiger partial charge in [0.2, 0.25) is 5.91 Å². The number of carbonyl (C=O) groups is 2. The standard InChI is InChI=1S/C13H21NO4/c1-8-5-10(11(6-8)13(16)17)12(15)14-7-9-3-2-4-18-9/h8-11H,2-7H2,1H3,(H,14,15)(H,16,17). The van der Waals surface area contributed by atoms with E-state index in [0.717, 1.165) is 19.4 Å². The number of rotatable bonds is 4. The monoisotopic (exact) mass is 255 g/mol. The third-order valence-electron chi connectivity index (χ3n) is 3.98. The van der Waals surface area contributed by atoms with Crippen LogP contribution in [0.2, 0.25) is 0 Å². The lowest BCUT2D eigenvalue weighted by atomic mass is 9.95. The first kappa shape index (κ1) is 13.3. The van der Waals surface area contributed by atoms with Crippen LogP contribution in [-0.2, 0) is 14.3 Å². The number of hydrogen-bond donors (Lipinski definition) is 2. The molecule has 5 nitrogen and oxygen atoms in total. The minimum Gasteiger partial charge on any atom is -0.481 e. The Labute approximate surface area is 107 Å². The molecule has 102 valence electrons. The van der Waals surface area contributed by atoms with Crippen LogP contribution in [0.4, 0.5) is 0 Å². The lowest BCUT2D eigenvalue weighted by molar-refractivity contribution is -0.146. The molecule has 1 amide bonds. The SMILES string of the molecule is CC1CC(C(=O)O)C(C(=O)NCC2CCCO2)C1. The fourth-order valence-electron chi connectivity index (χ4n) is 3.01. The van der Waals surface area contributed by atoms with Crippen molar-refractivity contribution in [3.05, 3.63) is 0 Å². The zero-order valence-corrected chi connectivity index (χ0v) is 10.7. The fourth-order valence-corrected chi connectivity index (χ4v) is 3.01. The Bertz CT molecular complexity index is 325. The summed E-state index contributed by atoms with van der Waals surface area (Å²) in [5.41, 5.74) is 0. The molecule has 1 aliphatic heterocycles. The van der Waals surface area contributed by atoms with E-state index < -0.39 is 11.9 Å². The molecule has 5 heteroatoms. The van der Waals surface area contributed by atoms with Crippen LogP contribution in [0.1, 0.15) is 32.6 Å². The second kappa shape index (κ2) is 5.69. The predicted octanol–water partition coefficient (Wildman–Crippen LogP) is 1.03. The molecule has 1 saturated heterocycles. The number of carbonyl (C=O) groups excluding carboxylic acids is 1. The average molecular weight is 255 g/mol. The maximum absolute atomic E-state index is 12.0. The maximum atomic E-state index is 12.0. The van der Waals surface area contributed by atoms with Crippen molar-refractivity contribution in [1.82, 2.24) is 5.32 Å². The van der Waals surface area contributed by atoms with E-state index in [2.05, 4.69) is 5.32 Å². The molecular weight excluding hydrogens is 234 g/mol. The topological polar surface area (TPSA) is 75.6 Å². The summed E-state index contributed by atoms with van der Waals surface area (Å²) in [6.45, 7) is 3.28. The summed E-state index contributed by atoms with van der Waals surface area (Å²) in [5, 5.41) is 12.0. The molecule has 0 spiro atoms. The van der Waals surface area contributed by atoms with Gasteiger partial charge in [-0.25, -0.2) is 0 Å². The second-order valence-electron chi connectivity index (χ2n) is 5.51. The van der Waals surface area contributed by atoms with Crippen molar-refractivity contribution in [3.63, 3.8) is 0 Å². The lowest BCUT2D eigenvalue weighted by Crippen LogP contribution is -2.39. The number of nitrogens with one attached hydrogen (secondary N) is 1. The van der Waals surface area contributed by atoms with Crippen molar-refractivity contribution in [2.75, 3.05) is 13.2 Å². The normalized spacial score (nSPS) is 35.6. The number of ether oxygens (including phenoxy) is 1. The maximum Gasteiger partial charge on any atom is 0.307 e. The van der Waals surface area contributed by atoms with Crippen molar-refractivity contribution >= 4 is 11.9 Å². The summed E-state index contributed by atoms with van der Waals surface area (Å²) in [5.74, 6) is -1.56. The molecule has 1 aliphatic carbocycles. The van der Waals surface area contributed by atoms with E-state index >= 15 is 0 Å². The molecule has 1 heterocycles. The van der Waals surface area contributed by atoms with Crippen molar-refractivity contribution in [3.8, 4) is 0 Å². The van der Waals surface area contributed by atoms with E-state index in [-0.39, 0.29) is 17.9 Å². The van der Waals surface area contributed by atoms with E-state index in [1.165, 1.54) is 0 Å². The van der Waals surface area contributed by atoms with Crippen molar-refractivity contribution in [1.29, 1.82) is 0 Å². The van der Waals surface area contributed by atoms with Crippen molar-refractivity contribution in [2.24, 2.45) is 17.8 Å². The summed E-state index contributed by atoms with van der Waals surface area (Å²) in [6, 6.07) is 0. The van der Waals surface area contributed by atoms with Gasteiger partial charge in [-0.05, 0) is 31.6 Å². The summed E-state index contributed by atoms with van der Waals surface area (Å²) < 4.78 is 5.43. The molecule has 0 radical (unpaired) electrons. The van der Waals surface area contributed by atoms with Gasteiger partial charge in [-0.1, -0.05) is 6.92 Å². The molecule has 1 saturated carbocycles. The Morgan fingerprint density at radius 1 is 1.33 bits per heavy atom. The van der Waals surface area contributed by atoms with Crippen LogP contribution in [0.15, 0.2) is 0 Å². The van der Waals surface area contributed by atoms with Crippen molar-refractivity contribution < 1.29 is 19.4 Å². The van der Waals surface area contributed by atoms with E-state index in [1.54, 1.807) is 0 Å². The highest BCUT2D eigenvalue weighted by Crippen LogP contribution is 2.36. The molecule has 2 N–H and O–H groups in total. The van der Waals surface area contributed by atoms with Crippen LogP contribution in [0.3, 0.4) is 0 Å². The zero-order chi connectivity index (χ0) is 13.1. The Morgan fingerprint density at radius 2 is 2.06 bits per heavy atom. The zero-order valence-electron chi connectivity index (χ0n) is 10.7. The quantitative estimate of drug-likeness (QED) is 0.786. The van der Waals surface area contributed by atoms with Gasteiger partial charge in [0.25, 0.3) is 0 Å². The molecule has 2 fully saturated rings. The Balaban J connectivity index is 1.85. The van der Waals surface area contributed by atoms with Gasteiger partial charge < -0.3 is 15.2 Å². The largest absolute Gasteiger partial charge is 0.481 e. The highest BCUT2D eigenvalue weighted by Gasteiger charge is 2.41. The molecule has 2 rings (SSSR count). The highest BCUT2D eigenvalue weighted by molar-refractivity contribution is 5.85. The van der Waals surface area contributed by atoms with Crippen molar-refractivity contribution in [2.45, 2.75) is 38.7 Å². The molecular formula is C13H21NO4. The van der Waals surface area contributed by atoms with Gasteiger partial charge in [0.15, 0.2) is 0 Å². The first-order valence-electron chi connectivity index (χ1n) is 6.70. The van der Waals surface area contributed by atoms with Gasteiger partial charge in [-0.2, -0.15) is 0 Å². The van der Waals surface area contributed by atoms with Gasteiger partial charge in [0.1, 0.15) is 0 Å². The minimum atomic E-state index is -0.850. The smallest absolute Gasteiger partial charge is 0.307 e. The Hall–Kier alpha value is -1.10. The van der Waals surface area contributed by atoms with Gasteiger partial charge in [-0.15, -0.1) is 0 Å². The van der Waals surface area contributed by atoms with E-state index in [4.69, 9.17) is 9.84 Å². The van der Waals surface area contributed by atoms with Crippen LogP contribution in [0.5, 0.6) is 0 Å². The van der Waals surface area contributed by atoms with Crippen LogP contribution < -0.4 is 5.32 Å². The number of carboxylic acids is 1. The minimum absolute atomic E-state index is 0.107. The number of carboxylic acid groups (broad SMARTS) is 1. The summed E-state index contributed by atoms with van der Waals surface area (Å²) in [6.07, 6.45) is 3.40. The second-order valence-corrected chi connectivity index (χ2v) is 5.51. The predicted molar refractivity (Wildman–Crippen MR) is 65.0 cm³/mol. The van der Waals surface area contributed by atoms with Crippen LogP contribution >= 0.6 is 0 Å². The first-order valence-corrected chi connectivity index (χ1v) is 6.70. The van der Waals surface area contributed by atoms with E-state index in [1.807, 2.05) is 6.92 Å². The molecule has 2 aliphatic rings. The summed E-state index contributed by atoms with van der Waals surface area (Å²) in [7, 11) is 0. The van der Waals surface area contributed by atoms with Crippen LogP contribution in [-0.4, -0.2) is 36.2 Å². The van der Waals surface area contributed by atoms with Gasteiger partial charge >= 0.3 is 5.97 Å². The highest BCUT2D eigenvalue weighted by atomic mass is 16.5. The fraction of sp³-hybridized carbons (Fsp3) is 0.846. The van der Waals surface area contributed by atoms with E-state index in [9.17, 15) is 9.59 Å². The molecule has 4 unspecified atom stereocenters. The van der Waals surface area contributed by atoms with Crippen LogP contribution in [0, 0.1) is 17.8 Å². The Kier molecular flexibility index (Phi) is 4.22. The summed E-state index contributed by atoms with van der Waals surface area (Å²) >= 11 is 0. The third kappa shape index (κ3) is 3.02. The van der Waals surface area contributed by atoms with Gasteiger partial charge in [0, 0.05) is 13.2 Å². The Morgan fingerprint density at radius 3 is 2.67 bits per heavy atom. The van der Waals surface area contributed by atoms with E-state index in [0.29, 0.717) is 25.3 Å². The molecule has 0 aromatic heterocycles. The number of amides is 1. The summed E-state index contributed by atoms with van der Waals surface area (Å²) in [4.78, 5) is 23.2. The van der Waals surface area contributed by atoms with Gasteiger partial charge in [0.05, 0.1) is 17.9 Å². The molecule has 18 heavy (non-hydrogen) atoms.